The first-order valence-corrected chi connectivity index (χ1v) is 10.0. The monoisotopic (exact) mass is 408 g/mol. The van der Waals surface area contributed by atoms with Crippen molar-refractivity contribution < 1.29 is 4.79 Å². The molecule has 0 aliphatic heterocycles. The van der Waals surface area contributed by atoms with Gasteiger partial charge in [-0.15, -0.1) is 0 Å². The molecule has 1 aromatic carbocycles. The fraction of sp³-hybridized carbons (Fsp3) is 0.0833. The maximum Gasteiger partial charge on any atom is 0.272 e. The fourth-order valence-corrected chi connectivity index (χ4v) is 3.50. The quantitative estimate of drug-likeness (QED) is 0.466. The number of para-hydroxylation sites is 1. The first-order chi connectivity index (χ1) is 15.3. The summed E-state index contributed by atoms with van der Waals surface area (Å²) >= 11 is 0. The van der Waals surface area contributed by atoms with Gasteiger partial charge in [0.1, 0.15) is 12.0 Å². The van der Waals surface area contributed by atoms with Crippen LogP contribution in [0, 0.1) is 0 Å². The summed E-state index contributed by atoms with van der Waals surface area (Å²) < 4.78 is 3.83. The SMILES string of the molecule is O=C(NCCc1ccccn1)c1nc(-c2cn(-c3ccccc3)cn2)n2ccccc12. The van der Waals surface area contributed by atoms with Gasteiger partial charge in [0.05, 0.1) is 5.52 Å². The number of carbonyl (C=O) groups excluding carboxylic acids is 1. The Labute approximate surface area is 179 Å². The molecule has 152 valence electrons. The third-order valence-electron chi connectivity index (χ3n) is 5.02. The topological polar surface area (TPSA) is 77.1 Å². The van der Waals surface area contributed by atoms with E-state index in [0.717, 1.165) is 16.9 Å². The molecule has 0 saturated heterocycles. The molecule has 0 fully saturated rings. The molecule has 1 N–H and O–H groups in total. The van der Waals surface area contributed by atoms with Gasteiger partial charge in [-0.2, -0.15) is 0 Å². The summed E-state index contributed by atoms with van der Waals surface area (Å²) in [5.41, 5.74) is 3.75. The van der Waals surface area contributed by atoms with Gasteiger partial charge in [-0.25, -0.2) is 9.97 Å². The average molecular weight is 408 g/mol. The third-order valence-corrected chi connectivity index (χ3v) is 5.02. The van der Waals surface area contributed by atoms with Gasteiger partial charge in [0, 0.05) is 42.9 Å². The predicted octanol–water partition coefficient (Wildman–Crippen LogP) is 3.55. The lowest BCUT2D eigenvalue weighted by molar-refractivity contribution is 0.0951. The molecule has 0 aliphatic rings. The van der Waals surface area contributed by atoms with Gasteiger partial charge in [-0.1, -0.05) is 30.3 Å². The van der Waals surface area contributed by atoms with E-state index in [1.165, 1.54) is 0 Å². The summed E-state index contributed by atoms with van der Waals surface area (Å²) in [7, 11) is 0. The van der Waals surface area contributed by atoms with Crippen molar-refractivity contribution in [1.82, 2.24) is 29.2 Å². The second-order valence-corrected chi connectivity index (χ2v) is 7.07. The molecular weight excluding hydrogens is 388 g/mol. The lowest BCUT2D eigenvalue weighted by Crippen LogP contribution is -2.26. The lowest BCUT2D eigenvalue weighted by atomic mass is 10.2. The van der Waals surface area contributed by atoms with Crippen LogP contribution in [0.5, 0.6) is 0 Å². The molecule has 4 aromatic heterocycles. The number of nitrogens with one attached hydrogen (secondary N) is 1. The van der Waals surface area contributed by atoms with E-state index >= 15 is 0 Å². The van der Waals surface area contributed by atoms with Gasteiger partial charge in [0.15, 0.2) is 11.5 Å². The molecule has 31 heavy (non-hydrogen) atoms. The zero-order valence-electron chi connectivity index (χ0n) is 16.7. The Balaban J connectivity index is 1.42. The zero-order chi connectivity index (χ0) is 21.0. The molecule has 0 atom stereocenters. The second kappa shape index (κ2) is 8.23. The maximum atomic E-state index is 12.9. The van der Waals surface area contributed by atoms with Crippen molar-refractivity contribution in [3.05, 3.63) is 103 Å². The summed E-state index contributed by atoms with van der Waals surface area (Å²) in [4.78, 5) is 26.4. The van der Waals surface area contributed by atoms with Crippen LogP contribution < -0.4 is 5.32 Å². The fourth-order valence-electron chi connectivity index (χ4n) is 3.50. The van der Waals surface area contributed by atoms with Crippen LogP contribution in [-0.4, -0.2) is 36.4 Å². The average Bonchev–Trinajstić information content (AvgIpc) is 3.46. The van der Waals surface area contributed by atoms with Gasteiger partial charge in [0.25, 0.3) is 5.91 Å². The number of hydrogen-bond acceptors (Lipinski definition) is 4. The van der Waals surface area contributed by atoms with Gasteiger partial charge >= 0.3 is 0 Å². The number of aromatic nitrogens is 5. The first-order valence-electron chi connectivity index (χ1n) is 10.0. The molecule has 0 bridgehead atoms. The van der Waals surface area contributed by atoms with Crippen molar-refractivity contribution in [1.29, 1.82) is 0 Å². The molecule has 7 heteroatoms. The molecule has 5 aromatic rings. The van der Waals surface area contributed by atoms with Crippen molar-refractivity contribution in [3.63, 3.8) is 0 Å². The Morgan fingerprint density at radius 2 is 1.77 bits per heavy atom. The number of rotatable bonds is 6. The first kappa shape index (κ1) is 18.7. The maximum absolute atomic E-state index is 12.9. The van der Waals surface area contributed by atoms with E-state index in [0.29, 0.717) is 30.2 Å². The van der Waals surface area contributed by atoms with Crippen molar-refractivity contribution >= 4 is 11.4 Å². The Morgan fingerprint density at radius 1 is 0.935 bits per heavy atom. The van der Waals surface area contributed by atoms with E-state index in [1.807, 2.05) is 88.1 Å². The summed E-state index contributed by atoms with van der Waals surface area (Å²) in [5, 5.41) is 2.96. The van der Waals surface area contributed by atoms with E-state index in [9.17, 15) is 4.79 Å². The van der Waals surface area contributed by atoms with Crippen LogP contribution in [0.1, 0.15) is 16.2 Å². The van der Waals surface area contributed by atoms with E-state index in [4.69, 9.17) is 0 Å². The van der Waals surface area contributed by atoms with Crippen LogP contribution in [0.3, 0.4) is 0 Å². The molecular formula is C24H20N6O. The summed E-state index contributed by atoms with van der Waals surface area (Å²) in [6.07, 6.45) is 7.97. The lowest BCUT2D eigenvalue weighted by Gasteiger charge is -2.03. The highest BCUT2D eigenvalue weighted by molar-refractivity contribution is 5.99. The van der Waals surface area contributed by atoms with E-state index in [1.54, 1.807) is 12.5 Å². The number of amides is 1. The van der Waals surface area contributed by atoms with Crippen LogP contribution in [-0.2, 0) is 6.42 Å². The molecule has 4 heterocycles. The highest BCUT2D eigenvalue weighted by Gasteiger charge is 2.19. The highest BCUT2D eigenvalue weighted by Crippen LogP contribution is 2.22. The third kappa shape index (κ3) is 3.81. The number of hydrogen-bond donors (Lipinski definition) is 1. The minimum Gasteiger partial charge on any atom is -0.350 e. The Hall–Kier alpha value is -4.26. The van der Waals surface area contributed by atoms with E-state index in [2.05, 4.69) is 20.3 Å². The van der Waals surface area contributed by atoms with Gasteiger partial charge in [-0.3, -0.25) is 14.2 Å². The zero-order valence-corrected chi connectivity index (χ0v) is 16.7. The van der Waals surface area contributed by atoms with Crippen LogP contribution in [0.4, 0.5) is 0 Å². The smallest absolute Gasteiger partial charge is 0.272 e. The van der Waals surface area contributed by atoms with Gasteiger partial charge in [-0.05, 0) is 36.4 Å². The summed E-state index contributed by atoms with van der Waals surface area (Å²) in [6.45, 7) is 0.486. The Morgan fingerprint density at radius 3 is 2.61 bits per heavy atom. The number of imidazole rings is 2. The Bertz CT molecular complexity index is 1320. The van der Waals surface area contributed by atoms with Gasteiger partial charge in [0.2, 0.25) is 0 Å². The van der Waals surface area contributed by atoms with Crippen molar-refractivity contribution in [2.75, 3.05) is 6.54 Å². The predicted molar refractivity (Wildman–Crippen MR) is 118 cm³/mol. The number of fused-ring (bicyclic) bond motifs is 1. The molecule has 1 amide bonds. The van der Waals surface area contributed by atoms with Crippen molar-refractivity contribution in [2.45, 2.75) is 6.42 Å². The van der Waals surface area contributed by atoms with Crippen LogP contribution in [0.15, 0.2) is 91.6 Å². The number of pyridine rings is 2. The van der Waals surface area contributed by atoms with Gasteiger partial charge < -0.3 is 9.88 Å². The molecule has 5 rings (SSSR count). The largest absolute Gasteiger partial charge is 0.350 e. The van der Waals surface area contributed by atoms with Crippen LogP contribution in [0.2, 0.25) is 0 Å². The molecule has 0 aliphatic carbocycles. The minimum absolute atomic E-state index is 0.214. The van der Waals surface area contributed by atoms with Crippen LogP contribution in [0.25, 0.3) is 22.7 Å². The van der Waals surface area contributed by atoms with Crippen molar-refractivity contribution in [2.24, 2.45) is 0 Å². The second-order valence-electron chi connectivity index (χ2n) is 7.07. The summed E-state index contributed by atoms with van der Waals surface area (Å²) in [5.74, 6) is 0.411. The Kier molecular flexibility index (Phi) is 4.98. The molecule has 0 unspecified atom stereocenters. The highest BCUT2D eigenvalue weighted by atomic mass is 16.1. The standard InChI is InChI=1S/C24H20N6O/c31-24(26-14-12-18-8-4-6-13-25-18)22-21-11-5-7-15-30(21)23(28-22)20-16-29(17-27-20)19-9-2-1-3-10-19/h1-11,13,15-17H,12,14H2,(H,26,31). The normalized spacial score (nSPS) is 11.0. The number of nitrogens with zero attached hydrogens (tertiary/aromatic N) is 5. The molecule has 0 spiro atoms. The van der Waals surface area contributed by atoms with E-state index < -0.39 is 0 Å². The van der Waals surface area contributed by atoms with Crippen LogP contribution >= 0.6 is 0 Å². The summed E-state index contributed by atoms with van der Waals surface area (Å²) in [6, 6.07) is 21.4. The number of carbonyl (C=O) groups is 1. The minimum atomic E-state index is -0.214. The van der Waals surface area contributed by atoms with E-state index in [-0.39, 0.29) is 5.91 Å². The number of benzene rings is 1. The molecule has 0 saturated carbocycles. The molecule has 0 radical (unpaired) electrons. The molecule has 7 nitrogen and oxygen atoms in total. The van der Waals surface area contributed by atoms with Crippen molar-refractivity contribution in [3.8, 4) is 17.2 Å².